The summed E-state index contributed by atoms with van der Waals surface area (Å²) in [6, 6.07) is 5.46. The van der Waals surface area contributed by atoms with Crippen LogP contribution >= 0.6 is 27.5 Å². The summed E-state index contributed by atoms with van der Waals surface area (Å²) in [5, 5.41) is 2.26. The van der Waals surface area contributed by atoms with Gasteiger partial charge in [0.1, 0.15) is 5.82 Å². The van der Waals surface area contributed by atoms with Crippen molar-refractivity contribution in [3.8, 4) is 0 Å². The molecule has 0 aromatic heterocycles. The van der Waals surface area contributed by atoms with Crippen LogP contribution < -0.4 is 5.32 Å². The highest BCUT2D eigenvalue weighted by Gasteiger charge is 2.15. The molecule has 1 N–H and O–H groups in total. The van der Waals surface area contributed by atoms with Crippen LogP contribution in [0.2, 0.25) is 5.02 Å². The molecule has 0 heterocycles. The van der Waals surface area contributed by atoms with E-state index in [0.717, 1.165) is 6.07 Å². The summed E-state index contributed by atoms with van der Waals surface area (Å²) < 4.78 is 39.8. The van der Waals surface area contributed by atoms with Crippen molar-refractivity contribution in [2.75, 3.05) is 0 Å². The summed E-state index contributed by atoms with van der Waals surface area (Å²) in [6.07, 6.45) is 0. The Balaban J connectivity index is 2.15. The smallest absolute Gasteiger partial charge is 0.253 e. The molecule has 2 aromatic rings. The van der Waals surface area contributed by atoms with E-state index in [1.165, 1.54) is 18.2 Å². The van der Waals surface area contributed by atoms with Gasteiger partial charge in [0.25, 0.3) is 5.91 Å². The van der Waals surface area contributed by atoms with E-state index in [9.17, 15) is 18.0 Å². The molecule has 2 aromatic carbocycles. The summed E-state index contributed by atoms with van der Waals surface area (Å²) in [6.45, 7) is 0.00645. The molecule has 0 spiro atoms. The largest absolute Gasteiger partial charge is 0.348 e. The van der Waals surface area contributed by atoms with E-state index in [1.807, 2.05) is 0 Å². The average molecular weight is 379 g/mol. The topological polar surface area (TPSA) is 29.1 Å². The Labute approximate surface area is 132 Å². The third kappa shape index (κ3) is 3.77. The molecule has 1 amide bonds. The molecule has 110 valence electrons. The highest BCUT2D eigenvalue weighted by Crippen LogP contribution is 2.21. The van der Waals surface area contributed by atoms with Crippen molar-refractivity contribution in [2.45, 2.75) is 6.54 Å². The number of rotatable bonds is 3. The Morgan fingerprint density at radius 2 is 1.81 bits per heavy atom. The van der Waals surface area contributed by atoms with E-state index in [4.69, 9.17) is 11.6 Å². The van der Waals surface area contributed by atoms with Gasteiger partial charge in [-0.25, -0.2) is 13.2 Å². The zero-order chi connectivity index (χ0) is 15.6. The molecule has 2 rings (SSSR count). The van der Waals surface area contributed by atoms with Crippen LogP contribution in [0, 0.1) is 17.5 Å². The van der Waals surface area contributed by atoms with E-state index in [1.54, 1.807) is 0 Å². The minimum atomic E-state index is -1.17. The minimum absolute atomic E-state index is 0.00645. The lowest BCUT2D eigenvalue weighted by molar-refractivity contribution is 0.0950. The van der Waals surface area contributed by atoms with Gasteiger partial charge in [0.05, 0.1) is 10.6 Å². The predicted octanol–water partition coefficient (Wildman–Crippen LogP) is 4.45. The van der Waals surface area contributed by atoms with E-state index in [2.05, 4.69) is 21.2 Å². The van der Waals surface area contributed by atoms with Crippen molar-refractivity contribution < 1.29 is 18.0 Å². The molecule has 0 fully saturated rings. The third-order valence-corrected chi connectivity index (χ3v) is 3.79. The lowest BCUT2D eigenvalue weighted by Crippen LogP contribution is -2.23. The number of halogens is 5. The minimum Gasteiger partial charge on any atom is -0.348 e. The second kappa shape index (κ2) is 6.49. The van der Waals surface area contributed by atoms with Crippen LogP contribution in [0.3, 0.4) is 0 Å². The van der Waals surface area contributed by atoms with Gasteiger partial charge in [0.15, 0.2) is 11.6 Å². The lowest BCUT2D eigenvalue weighted by Gasteiger charge is -2.09. The molecule has 0 bridgehead atoms. The molecule has 0 saturated heterocycles. The van der Waals surface area contributed by atoms with Crippen molar-refractivity contribution in [3.05, 3.63) is 68.4 Å². The zero-order valence-corrected chi connectivity index (χ0v) is 12.7. The summed E-state index contributed by atoms with van der Waals surface area (Å²) >= 11 is 8.92. The molecular weight excluding hydrogens is 371 g/mol. The third-order valence-electron chi connectivity index (χ3n) is 2.70. The Hall–Kier alpha value is -1.53. The van der Waals surface area contributed by atoms with Gasteiger partial charge in [-0.3, -0.25) is 4.79 Å². The first-order valence-corrected chi connectivity index (χ1v) is 6.92. The van der Waals surface area contributed by atoms with Crippen molar-refractivity contribution in [2.24, 2.45) is 0 Å². The van der Waals surface area contributed by atoms with Crippen LogP contribution in [-0.4, -0.2) is 5.91 Å². The number of benzene rings is 2. The second-order valence-electron chi connectivity index (χ2n) is 4.16. The summed E-state index contributed by atoms with van der Waals surface area (Å²) in [5.74, 6) is -3.44. The molecule has 0 unspecified atom stereocenters. The molecule has 7 heteroatoms. The number of hydrogen-bond acceptors (Lipinski definition) is 1. The van der Waals surface area contributed by atoms with Crippen LogP contribution in [0.15, 0.2) is 34.8 Å². The van der Waals surface area contributed by atoms with E-state index >= 15 is 0 Å². The van der Waals surface area contributed by atoms with Crippen LogP contribution in [0.4, 0.5) is 13.2 Å². The number of carbonyl (C=O) groups excluding carboxylic acids is 1. The Kier molecular flexibility index (Phi) is 4.90. The van der Waals surface area contributed by atoms with Gasteiger partial charge >= 0.3 is 0 Å². The molecule has 0 aliphatic rings. The number of carbonyl (C=O) groups is 1. The Morgan fingerprint density at radius 1 is 1.14 bits per heavy atom. The SMILES string of the molecule is O=C(NCc1cc(F)ccc1Br)c1cc(F)c(F)cc1Cl. The fourth-order valence-corrected chi connectivity index (χ4v) is 2.27. The zero-order valence-electron chi connectivity index (χ0n) is 10.4. The average Bonchev–Trinajstić information content (AvgIpc) is 2.43. The van der Waals surface area contributed by atoms with Crippen molar-refractivity contribution in [3.63, 3.8) is 0 Å². The maximum atomic E-state index is 13.1. The van der Waals surface area contributed by atoms with Gasteiger partial charge in [-0.2, -0.15) is 0 Å². The molecule has 21 heavy (non-hydrogen) atoms. The van der Waals surface area contributed by atoms with Gasteiger partial charge < -0.3 is 5.32 Å². The second-order valence-corrected chi connectivity index (χ2v) is 5.43. The molecule has 0 atom stereocenters. The maximum Gasteiger partial charge on any atom is 0.253 e. The van der Waals surface area contributed by atoms with E-state index in [-0.39, 0.29) is 17.1 Å². The monoisotopic (exact) mass is 377 g/mol. The lowest BCUT2D eigenvalue weighted by atomic mass is 10.1. The van der Waals surface area contributed by atoms with E-state index in [0.29, 0.717) is 16.1 Å². The van der Waals surface area contributed by atoms with Gasteiger partial charge in [-0.05, 0) is 35.9 Å². The van der Waals surface area contributed by atoms with Crippen molar-refractivity contribution in [1.29, 1.82) is 0 Å². The maximum absolute atomic E-state index is 13.1. The molecule has 0 aliphatic carbocycles. The fraction of sp³-hybridized carbons (Fsp3) is 0.0714. The molecule has 0 saturated carbocycles. The predicted molar refractivity (Wildman–Crippen MR) is 76.6 cm³/mol. The number of nitrogens with one attached hydrogen (secondary N) is 1. The Morgan fingerprint density at radius 3 is 2.52 bits per heavy atom. The van der Waals surface area contributed by atoms with Crippen LogP contribution in [0.1, 0.15) is 15.9 Å². The number of hydrogen-bond donors (Lipinski definition) is 1. The van der Waals surface area contributed by atoms with Crippen LogP contribution in [0.5, 0.6) is 0 Å². The van der Waals surface area contributed by atoms with Crippen LogP contribution in [0.25, 0.3) is 0 Å². The highest BCUT2D eigenvalue weighted by molar-refractivity contribution is 9.10. The normalized spacial score (nSPS) is 10.5. The molecule has 0 aliphatic heterocycles. The van der Waals surface area contributed by atoms with Crippen LogP contribution in [-0.2, 0) is 6.54 Å². The van der Waals surface area contributed by atoms with Gasteiger partial charge in [-0.1, -0.05) is 27.5 Å². The quantitative estimate of drug-likeness (QED) is 0.786. The Bertz CT molecular complexity index is 709. The fourth-order valence-electron chi connectivity index (χ4n) is 1.65. The molecular formula is C14H8BrClF3NO. The first-order valence-electron chi connectivity index (χ1n) is 5.75. The first-order chi connectivity index (χ1) is 9.88. The van der Waals surface area contributed by atoms with Crippen molar-refractivity contribution in [1.82, 2.24) is 5.32 Å². The highest BCUT2D eigenvalue weighted by atomic mass is 79.9. The van der Waals surface area contributed by atoms with E-state index < -0.39 is 23.4 Å². The van der Waals surface area contributed by atoms with Gasteiger partial charge in [0.2, 0.25) is 0 Å². The first kappa shape index (κ1) is 15.9. The molecule has 2 nitrogen and oxygen atoms in total. The molecule has 0 radical (unpaired) electrons. The van der Waals surface area contributed by atoms with Crippen molar-refractivity contribution >= 4 is 33.4 Å². The standard InChI is InChI=1S/C14H8BrClF3NO/c15-10-2-1-8(17)3-7(10)6-20-14(21)9-4-12(18)13(19)5-11(9)16/h1-5H,6H2,(H,20,21). The summed E-state index contributed by atoms with van der Waals surface area (Å²) in [4.78, 5) is 11.9. The summed E-state index contributed by atoms with van der Waals surface area (Å²) in [7, 11) is 0. The number of amides is 1. The van der Waals surface area contributed by atoms with Gasteiger partial charge in [0, 0.05) is 11.0 Å². The van der Waals surface area contributed by atoms with Gasteiger partial charge in [-0.15, -0.1) is 0 Å². The summed E-state index contributed by atoms with van der Waals surface area (Å²) in [5.41, 5.74) is 0.310.